The van der Waals surface area contributed by atoms with Gasteiger partial charge in [-0.2, -0.15) is 0 Å². The molecule has 3 unspecified atom stereocenters. The minimum atomic E-state index is -3.80. The van der Waals surface area contributed by atoms with Crippen molar-refractivity contribution >= 4 is 15.8 Å². The summed E-state index contributed by atoms with van der Waals surface area (Å²) >= 11 is 0. The molecule has 3 rings (SSSR count). The maximum atomic E-state index is 14.5. The Hall–Kier alpha value is -2.25. The maximum Gasteiger partial charge on any atom is 0.323 e. The van der Waals surface area contributed by atoms with E-state index in [4.69, 9.17) is 4.74 Å². The molecule has 1 heterocycles. The highest BCUT2D eigenvalue weighted by Gasteiger charge is 2.47. The number of benzene rings is 2. The van der Waals surface area contributed by atoms with Crippen molar-refractivity contribution in [2.75, 3.05) is 0 Å². The normalized spacial score (nSPS) is 22.8. The smallest absolute Gasteiger partial charge is 0.323 e. The van der Waals surface area contributed by atoms with Crippen LogP contribution in [0.3, 0.4) is 0 Å². The van der Waals surface area contributed by atoms with Gasteiger partial charge in [0.25, 0.3) is 0 Å². The van der Waals surface area contributed by atoms with E-state index >= 15 is 0 Å². The molecule has 5 nitrogen and oxygen atoms in total. The molecule has 1 aliphatic heterocycles. The molecular weight excluding hydrogens is 381 g/mol. The average molecular weight is 405 g/mol. The van der Waals surface area contributed by atoms with Crippen molar-refractivity contribution in [1.82, 2.24) is 5.32 Å². The third-order valence-corrected chi connectivity index (χ3v) is 6.81. The molecule has 1 aliphatic rings. The molecule has 0 bridgehead atoms. The molecule has 0 radical (unpaired) electrons. The first kappa shape index (κ1) is 20.5. The summed E-state index contributed by atoms with van der Waals surface area (Å²) in [5, 5.41) is 2.01. The number of rotatable bonds is 4. The molecule has 1 fully saturated rings. The summed E-state index contributed by atoms with van der Waals surface area (Å²) in [5.41, 5.74) is -0.485. The largest absolute Gasteiger partial charge is 0.459 e. The Morgan fingerprint density at radius 1 is 1.07 bits per heavy atom. The average Bonchev–Trinajstić information content (AvgIpc) is 3.08. The van der Waals surface area contributed by atoms with Crippen LogP contribution in [0.5, 0.6) is 0 Å². The Balaban J connectivity index is 2.00. The van der Waals surface area contributed by atoms with Gasteiger partial charge < -0.3 is 4.74 Å². The van der Waals surface area contributed by atoms with Gasteiger partial charge >= 0.3 is 5.97 Å². The Kier molecular flexibility index (Phi) is 5.59. The van der Waals surface area contributed by atoms with Crippen LogP contribution in [0.4, 0.5) is 4.39 Å². The molecule has 150 valence electrons. The van der Waals surface area contributed by atoms with Crippen LogP contribution in [0.2, 0.25) is 0 Å². The minimum Gasteiger partial charge on any atom is -0.459 e. The number of halogens is 1. The van der Waals surface area contributed by atoms with Crippen LogP contribution in [-0.4, -0.2) is 31.3 Å². The molecule has 1 N–H and O–H groups in total. The summed E-state index contributed by atoms with van der Waals surface area (Å²) in [4.78, 5) is 12.7. The van der Waals surface area contributed by atoms with Crippen LogP contribution in [0.25, 0.3) is 0 Å². The molecule has 0 spiro atoms. The second kappa shape index (κ2) is 7.64. The van der Waals surface area contributed by atoms with Gasteiger partial charge in [0, 0.05) is 5.56 Å². The van der Waals surface area contributed by atoms with Crippen molar-refractivity contribution in [3.8, 4) is 0 Å². The van der Waals surface area contributed by atoms with Gasteiger partial charge in [-0.3, -0.25) is 10.1 Å². The first-order valence-corrected chi connectivity index (χ1v) is 10.7. The lowest BCUT2D eigenvalue weighted by Gasteiger charge is -2.22. The molecule has 2 aromatic rings. The van der Waals surface area contributed by atoms with Crippen molar-refractivity contribution in [3.05, 3.63) is 66.0 Å². The summed E-state index contributed by atoms with van der Waals surface area (Å²) < 4.78 is 46.4. The number of carbonyl (C=O) groups excluding carboxylic acids is 1. The van der Waals surface area contributed by atoms with E-state index in [1.54, 1.807) is 51.1 Å². The zero-order chi connectivity index (χ0) is 20.5. The monoisotopic (exact) mass is 405 g/mol. The number of carbonyl (C=O) groups is 1. The molecule has 2 aromatic carbocycles. The Labute approximate surface area is 164 Å². The molecule has 0 saturated carbocycles. The van der Waals surface area contributed by atoms with E-state index in [9.17, 15) is 17.6 Å². The first-order chi connectivity index (χ1) is 13.1. The van der Waals surface area contributed by atoms with Crippen molar-refractivity contribution in [1.29, 1.82) is 0 Å². The number of hydrogen-bond acceptors (Lipinski definition) is 5. The van der Waals surface area contributed by atoms with Crippen LogP contribution in [0.15, 0.2) is 59.5 Å². The van der Waals surface area contributed by atoms with Gasteiger partial charge in [0.05, 0.1) is 16.2 Å². The summed E-state index contributed by atoms with van der Waals surface area (Å²) in [7, 11) is -3.80. The molecule has 1 saturated heterocycles. The van der Waals surface area contributed by atoms with Gasteiger partial charge in [-0.25, -0.2) is 12.8 Å². The lowest BCUT2D eigenvalue weighted by atomic mass is 10.0. The fourth-order valence-corrected chi connectivity index (χ4v) is 5.32. The van der Waals surface area contributed by atoms with Gasteiger partial charge in [0.2, 0.25) is 0 Å². The molecule has 0 aliphatic carbocycles. The standard InChI is InChI=1S/C21H24FNO4S/c1-21(2,3)27-20(24)17-13-18(28(25,26)14-9-5-4-6-10-14)19(23-17)15-11-7-8-12-16(15)22/h4-12,17-19,23H,13H2,1-3H3. The predicted molar refractivity (Wildman–Crippen MR) is 104 cm³/mol. The van der Waals surface area contributed by atoms with E-state index in [2.05, 4.69) is 5.32 Å². The maximum absolute atomic E-state index is 14.5. The minimum absolute atomic E-state index is 0.00510. The van der Waals surface area contributed by atoms with Crippen LogP contribution in [0, 0.1) is 5.82 Å². The van der Waals surface area contributed by atoms with E-state index in [0.717, 1.165) is 0 Å². The molecule has 3 atom stereocenters. The van der Waals surface area contributed by atoms with E-state index in [1.807, 2.05) is 0 Å². The zero-order valence-corrected chi connectivity index (χ0v) is 16.9. The van der Waals surface area contributed by atoms with E-state index in [-0.39, 0.29) is 16.9 Å². The predicted octanol–water partition coefficient (Wildman–Crippen LogP) is 3.41. The van der Waals surface area contributed by atoms with Crippen LogP contribution in [0.1, 0.15) is 38.8 Å². The molecule has 28 heavy (non-hydrogen) atoms. The third kappa shape index (κ3) is 4.25. The molecular formula is C21H24FNO4S. The lowest BCUT2D eigenvalue weighted by Crippen LogP contribution is -2.38. The number of ether oxygens (including phenoxy) is 1. The second-order valence-electron chi connectivity index (χ2n) is 7.88. The number of hydrogen-bond donors (Lipinski definition) is 1. The highest BCUT2D eigenvalue weighted by Crippen LogP contribution is 2.37. The quantitative estimate of drug-likeness (QED) is 0.790. The van der Waals surface area contributed by atoms with Crippen molar-refractivity contribution in [2.24, 2.45) is 0 Å². The summed E-state index contributed by atoms with van der Waals surface area (Å²) in [6, 6.07) is 12.3. The van der Waals surface area contributed by atoms with Crippen molar-refractivity contribution in [3.63, 3.8) is 0 Å². The molecule has 0 aromatic heterocycles. The number of esters is 1. The van der Waals surface area contributed by atoms with E-state index in [0.29, 0.717) is 0 Å². The van der Waals surface area contributed by atoms with Gasteiger partial charge in [0.15, 0.2) is 9.84 Å². The van der Waals surface area contributed by atoms with Gasteiger partial charge in [0.1, 0.15) is 17.5 Å². The Morgan fingerprint density at radius 2 is 1.68 bits per heavy atom. The van der Waals surface area contributed by atoms with Crippen LogP contribution >= 0.6 is 0 Å². The van der Waals surface area contributed by atoms with Gasteiger partial charge in [-0.15, -0.1) is 0 Å². The fourth-order valence-electron chi connectivity index (χ4n) is 3.41. The van der Waals surface area contributed by atoms with Crippen molar-refractivity contribution < 1.29 is 22.3 Å². The zero-order valence-electron chi connectivity index (χ0n) is 16.1. The summed E-state index contributed by atoms with van der Waals surface area (Å²) in [5.74, 6) is -1.06. The molecule has 0 amide bonds. The topological polar surface area (TPSA) is 72.5 Å². The fraction of sp³-hybridized carbons (Fsp3) is 0.381. The van der Waals surface area contributed by atoms with Crippen molar-refractivity contribution in [2.45, 2.75) is 55.0 Å². The van der Waals surface area contributed by atoms with Crippen LogP contribution in [-0.2, 0) is 19.4 Å². The van der Waals surface area contributed by atoms with Crippen LogP contribution < -0.4 is 5.32 Å². The summed E-state index contributed by atoms with van der Waals surface area (Å²) in [6.07, 6.45) is 0.00510. The van der Waals surface area contributed by atoms with E-state index < -0.39 is 44.6 Å². The Bertz CT molecular complexity index is 954. The lowest BCUT2D eigenvalue weighted by molar-refractivity contribution is -0.157. The van der Waals surface area contributed by atoms with Gasteiger partial charge in [-0.1, -0.05) is 36.4 Å². The van der Waals surface area contributed by atoms with E-state index in [1.165, 1.54) is 24.3 Å². The Morgan fingerprint density at radius 3 is 2.29 bits per heavy atom. The third-order valence-electron chi connectivity index (χ3n) is 4.62. The highest BCUT2D eigenvalue weighted by atomic mass is 32.2. The number of sulfone groups is 1. The second-order valence-corrected chi connectivity index (χ2v) is 10.1. The summed E-state index contributed by atoms with van der Waals surface area (Å²) in [6.45, 7) is 5.23. The first-order valence-electron chi connectivity index (χ1n) is 9.12. The van der Waals surface area contributed by atoms with Gasteiger partial charge in [-0.05, 0) is 45.4 Å². The number of nitrogens with one attached hydrogen (secondary N) is 1. The highest BCUT2D eigenvalue weighted by molar-refractivity contribution is 7.92. The molecule has 7 heteroatoms. The SMILES string of the molecule is CC(C)(C)OC(=O)C1CC(S(=O)(=O)c2ccccc2)C(c2ccccc2F)N1.